The van der Waals surface area contributed by atoms with Crippen LogP contribution in [-0.2, 0) is 4.79 Å². The molecule has 1 aromatic heterocycles. The fraction of sp³-hybridized carbons (Fsp3) is 0.250. The molecule has 1 unspecified atom stereocenters. The predicted molar refractivity (Wildman–Crippen MR) is 108 cm³/mol. The Morgan fingerprint density at radius 2 is 1.77 bits per heavy atom. The number of nitrogens with one attached hydrogen (secondary N) is 1. The van der Waals surface area contributed by atoms with Gasteiger partial charge in [-0.05, 0) is 56.7 Å². The van der Waals surface area contributed by atoms with Gasteiger partial charge in [-0.2, -0.15) is 0 Å². The molecule has 30 heavy (non-hydrogen) atoms. The summed E-state index contributed by atoms with van der Waals surface area (Å²) in [5.74, 6) is 0.0193. The summed E-state index contributed by atoms with van der Waals surface area (Å²) in [4.78, 5) is 12.6. The van der Waals surface area contributed by atoms with E-state index in [1.54, 1.807) is 6.92 Å². The van der Waals surface area contributed by atoms with Gasteiger partial charge in [0.05, 0.1) is 10.9 Å². The number of aromatic nitrogens is 3. The van der Waals surface area contributed by atoms with E-state index < -0.39 is 11.6 Å². The summed E-state index contributed by atoms with van der Waals surface area (Å²) in [6.45, 7) is 5.53. The minimum atomic E-state index is -4.76. The Morgan fingerprint density at radius 1 is 1.10 bits per heavy atom. The van der Waals surface area contributed by atoms with Gasteiger partial charge < -0.3 is 10.1 Å². The van der Waals surface area contributed by atoms with E-state index in [0.717, 1.165) is 23.4 Å². The molecule has 0 saturated heterocycles. The average molecular weight is 436 g/mol. The molecule has 158 valence electrons. The minimum absolute atomic E-state index is 0.318. The van der Waals surface area contributed by atoms with Gasteiger partial charge in [0.2, 0.25) is 5.91 Å². The van der Waals surface area contributed by atoms with E-state index in [9.17, 15) is 18.0 Å². The number of amides is 1. The zero-order chi connectivity index (χ0) is 21.9. The van der Waals surface area contributed by atoms with E-state index in [1.165, 1.54) is 23.9 Å². The van der Waals surface area contributed by atoms with E-state index in [0.29, 0.717) is 16.7 Å². The molecular weight excluding hydrogens is 417 g/mol. The Morgan fingerprint density at radius 3 is 2.40 bits per heavy atom. The van der Waals surface area contributed by atoms with Crippen LogP contribution in [0.4, 0.5) is 18.9 Å². The average Bonchev–Trinajstić information content (AvgIpc) is 3.02. The van der Waals surface area contributed by atoms with Crippen LogP contribution in [0, 0.1) is 13.8 Å². The van der Waals surface area contributed by atoms with Crippen molar-refractivity contribution in [2.75, 3.05) is 5.32 Å². The summed E-state index contributed by atoms with van der Waals surface area (Å²) in [5, 5.41) is 11.0. The lowest BCUT2D eigenvalue weighted by Crippen LogP contribution is -2.23. The fourth-order valence-corrected chi connectivity index (χ4v) is 3.61. The molecule has 0 aliphatic carbocycles. The SMILES string of the molecule is Cc1ccccc1-n1c(C)nnc1SC(C)C(=O)Nc1ccc(OC(F)(F)F)cc1. The van der Waals surface area contributed by atoms with Gasteiger partial charge in [-0.25, -0.2) is 0 Å². The maximum Gasteiger partial charge on any atom is 0.573 e. The summed E-state index contributed by atoms with van der Waals surface area (Å²) in [6.07, 6.45) is -4.76. The van der Waals surface area contributed by atoms with Crippen molar-refractivity contribution >= 4 is 23.4 Å². The molecule has 0 aliphatic heterocycles. The number of carbonyl (C=O) groups excluding carboxylic acids is 1. The van der Waals surface area contributed by atoms with Crippen molar-refractivity contribution in [3.63, 3.8) is 0 Å². The molecular formula is C20H19F3N4O2S. The lowest BCUT2D eigenvalue weighted by Gasteiger charge is -2.15. The van der Waals surface area contributed by atoms with Gasteiger partial charge in [0, 0.05) is 5.69 Å². The number of rotatable bonds is 6. The molecule has 3 aromatic rings. The Hall–Kier alpha value is -3.01. The van der Waals surface area contributed by atoms with Gasteiger partial charge in [0.1, 0.15) is 11.6 Å². The molecule has 1 atom stereocenters. The smallest absolute Gasteiger partial charge is 0.406 e. The van der Waals surface area contributed by atoms with Crippen LogP contribution in [0.2, 0.25) is 0 Å². The third kappa shape index (κ3) is 5.32. The van der Waals surface area contributed by atoms with Crippen molar-refractivity contribution in [2.24, 2.45) is 0 Å². The van der Waals surface area contributed by atoms with Crippen LogP contribution in [0.25, 0.3) is 5.69 Å². The van der Waals surface area contributed by atoms with Crippen molar-refractivity contribution in [3.05, 3.63) is 59.9 Å². The van der Waals surface area contributed by atoms with Gasteiger partial charge in [0.15, 0.2) is 5.16 Å². The molecule has 0 saturated carbocycles. The minimum Gasteiger partial charge on any atom is -0.406 e. The van der Waals surface area contributed by atoms with Crippen molar-refractivity contribution in [3.8, 4) is 11.4 Å². The number of hydrogen-bond acceptors (Lipinski definition) is 5. The highest BCUT2D eigenvalue weighted by atomic mass is 32.2. The molecule has 1 N–H and O–H groups in total. The molecule has 0 spiro atoms. The van der Waals surface area contributed by atoms with Crippen LogP contribution >= 0.6 is 11.8 Å². The molecule has 2 aromatic carbocycles. The van der Waals surface area contributed by atoms with Crippen molar-refractivity contribution in [1.82, 2.24) is 14.8 Å². The second kappa shape index (κ2) is 8.78. The first kappa shape index (κ1) is 21.7. The zero-order valence-electron chi connectivity index (χ0n) is 16.4. The maximum absolute atomic E-state index is 12.6. The Bertz CT molecular complexity index is 1040. The molecule has 10 heteroatoms. The molecule has 0 fully saturated rings. The normalized spacial score (nSPS) is 12.5. The number of halogens is 3. The first-order valence-electron chi connectivity index (χ1n) is 8.95. The molecule has 0 aliphatic rings. The number of anilines is 1. The first-order chi connectivity index (χ1) is 14.1. The fourth-order valence-electron chi connectivity index (χ4n) is 2.71. The van der Waals surface area contributed by atoms with E-state index in [-0.39, 0.29) is 11.7 Å². The van der Waals surface area contributed by atoms with E-state index in [1.807, 2.05) is 42.7 Å². The van der Waals surface area contributed by atoms with Crippen LogP contribution in [0.1, 0.15) is 18.3 Å². The summed E-state index contributed by atoms with van der Waals surface area (Å²) in [7, 11) is 0. The maximum atomic E-state index is 12.6. The Labute approximate surface area is 175 Å². The summed E-state index contributed by atoms with van der Waals surface area (Å²) in [6, 6.07) is 12.7. The van der Waals surface area contributed by atoms with Crippen LogP contribution in [-0.4, -0.2) is 32.3 Å². The highest BCUT2D eigenvalue weighted by Gasteiger charge is 2.31. The molecule has 0 radical (unpaired) electrons. The summed E-state index contributed by atoms with van der Waals surface area (Å²) >= 11 is 1.24. The molecule has 6 nitrogen and oxygen atoms in total. The van der Waals surface area contributed by atoms with Crippen LogP contribution in [0.5, 0.6) is 5.75 Å². The Kier molecular flexibility index (Phi) is 6.35. The number of nitrogens with zero attached hydrogens (tertiary/aromatic N) is 3. The third-order valence-electron chi connectivity index (χ3n) is 4.16. The van der Waals surface area contributed by atoms with E-state index in [4.69, 9.17) is 0 Å². The highest BCUT2D eigenvalue weighted by molar-refractivity contribution is 8.00. The summed E-state index contributed by atoms with van der Waals surface area (Å²) in [5.41, 5.74) is 2.33. The number of alkyl halides is 3. The lowest BCUT2D eigenvalue weighted by molar-refractivity contribution is -0.274. The second-order valence-corrected chi connectivity index (χ2v) is 7.78. The number of para-hydroxylation sites is 1. The van der Waals surface area contributed by atoms with Gasteiger partial charge >= 0.3 is 6.36 Å². The third-order valence-corrected chi connectivity index (χ3v) is 5.20. The van der Waals surface area contributed by atoms with Crippen LogP contribution in [0.3, 0.4) is 0 Å². The molecule has 1 heterocycles. The predicted octanol–water partition coefficient (Wildman–Crippen LogP) is 4.90. The quantitative estimate of drug-likeness (QED) is 0.557. The van der Waals surface area contributed by atoms with Crippen LogP contribution < -0.4 is 10.1 Å². The first-order valence-corrected chi connectivity index (χ1v) is 9.83. The number of carbonyl (C=O) groups is 1. The molecule has 0 bridgehead atoms. The number of aryl methyl sites for hydroxylation is 2. The van der Waals surface area contributed by atoms with E-state index in [2.05, 4.69) is 20.3 Å². The van der Waals surface area contributed by atoms with Gasteiger partial charge in [-0.3, -0.25) is 9.36 Å². The second-order valence-electron chi connectivity index (χ2n) is 6.47. The monoisotopic (exact) mass is 436 g/mol. The van der Waals surface area contributed by atoms with Crippen molar-refractivity contribution in [2.45, 2.75) is 37.5 Å². The van der Waals surface area contributed by atoms with Crippen molar-refractivity contribution in [1.29, 1.82) is 0 Å². The van der Waals surface area contributed by atoms with Crippen molar-refractivity contribution < 1.29 is 22.7 Å². The van der Waals surface area contributed by atoms with Gasteiger partial charge in [-0.1, -0.05) is 30.0 Å². The lowest BCUT2D eigenvalue weighted by atomic mass is 10.2. The summed E-state index contributed by atoms with van der Waals surface area (Å²) < 4.78 is 42.4. The number of hydrogen-bond donors (Lipinski definition) is 1. The van der Waals surface area contributed by atoms with Crippen LogP contribution in [0.15, 0.2) is 53.7 Å². The Balaban J connectivity index is 1.69. The van der Waals surface area contributed by atoms with E-state index >= 15 is 0 Å². The highest BCUT2D eigenvalue weighted by Crippen LogP contribution is 2.28. The van der Waals surface area contributed by atoms with Gasteiger partial charge in [0.25, 0.3) is 0 Å². The number of benzene rings is 2. The number of ether oxygens (including phenoxy) is 1. The zero-order valence-corrected chi connectivity index (χ0v) is 17.2. The topological polar surface area (TPSA) is 69.0 Å². The standard InChI is InChI=1S/C20H19F3N4O2S/c1-12-6-4-5-7-17(12)27-14(3)25-26-19(27)30-13(2)18(28)24-15-8-10-16(11-9-15)29-20(21,22)23/h4-11,13H,1-3H3,(H,24,28). The molecule has 3 rings (SSSR count). The van der Waals surface area contributed by atoms with Gasteiger partial charge in [-0.15, -0.1) is 23.4 Å². The largest absolute Gasteiger partial charge is 0.573 e. The molecule has 1 amide bonds. The number of thioether (sulfide) groups is 1.